The number of likely N-dealkylation sites (tertiary alicyclic amines) is 1. The van der Waals surface area contributed by atoms with Crippen molar-refractivity contribution in [3.63, 3.8) is 0 Å². The van der Waals surface area contributed by atoms with Crippen LogP contribution in [0.2, 0.25) is 0 Å². The van der Waals surface area contributed by atoms with Crippen molar-refractivity contribution in [3.05, 3.63) is 18.0 Å². The zero-order valence-electron chi connectivity index (χ0n) is 17.9. The maximum absolute atomic E-state index is 6.14. The van der Waals surface area contributed by atoms with E-state index >= 15 is 0 Å². The highest BCUT2D eigenvalue weighted by molar-refractivity contribution is 5.79. The first-order valence-electron chi connectivity index (χ1n) is 11.5. The van der Waals surface area contributed by atoms with Crippen molar-refractivity contribution >= 4 is 5.96 Å². The third-order valence-corrected chi connectivity index (χ3v) is 6.54. The molecule has 0 spiro atoms. The van der Waals surface area contributed by atoms with Crippen LogP contribution in [0.3, 0.4) is 0 Å². The van der Waals surface area contributed by atoms with Crippen LogP contribution in [0.25, 0.3) is 0 Å². The van der Waals surface area contributed by atoms with E-state index in [-0.39, 0.29) is 0 Å². The predicted octanol–water partition coefficient (Wildman–Crippen LogP) is 3.12. The van der Waals surface area contributed by atoms with E-state index in [1.54, 1.807) is 0 Å². The van der Waals surface area contributed by atoms with Gasteiger partial charge in [0.1, 0.15) is 0 Å². The van der Waals surface area contributed by atoms with Gasteiger partial charge >= 0.3 is 0 Å². The molecule has 1 N–H and O–H groups in total. The summed E-state index contributed by atoms with van der Waals surface area (Å²) in [7, 11) is 1.86. The summed E-state index contributed by atoms with van der Waals surface area (Å²) >= 11 is 0. The van der Waals surface area contributed by atoms with E-state index in [4.69, 9.17) is 14.6 Å². The Labute approximate surface area is 174 Å². The van der Waals surface area contributed by atoms with E-state index in [1.165, 1.54) is 38.5 Å². The van der Waals surface area contributed by atoms with Crippen LogP contribution in [-0.4, -0.2) is 66.2 Å². The Hall–Kier alpha value is -1.60. The van der Waals surface area contributed by atoms with E-state index in [0.29, 0.717) is 18.2 Å². The molecule has 0 bridgehead atoms. The first-order valence-corrected chi connectivity index (χ1v) is 11.5. The fourth-order valence-electron chi connectivity index (χ4n) is 4.76. The molecule has 3 heterocycles. The van der Waals surface area contributed by atoms with E-state index in [0.717, 1.165) is 63.8 Å². The SMILES string of the molecule is CN=C(NCc1ccn(C2CCCC2)n1)N1CCC(OCC2CCCCO2)CC1. The van der Waals surface area contributed by atoms with Crippen molar-refractivity contribution in [2.75, 3.05) is 33.4 Å². The molecule has 2 aliphatic heterocycles. The van der Waals surface area contributed by atoms with Gasteiger partial charge in [0.25, 0.3) is 0 Å². The molecule has 2 saturated heterocycles. The predicted molar refractivity (Wildman–Crippen MR) is 114 cm³/mol. The molecule has 1 aliphatic carbocycles. The number of piperidine rings is 1. The summed E-state index contributed by atoms with van der Waals surface area (Å²) in [5, 5.41) is 8.27. The number of nitrogens with one attached hydrogen (secondary N) is 1. The van der Waals surface area contributed by atoms with Gasteiger partial charge in [0.15, 0.2) is 5.96 Å². The third kappa shape index (κ3) is 5.72. The molecular weight excluding hydrogens is 366 g/mol. The van der Waals surface area contributed by atoms with Crippen molar-refractivity contribution in [1.82, 2.24) is 20.0 Å². The second-order valence-corrected chi connectivity index (χ2v) is 8.63. The van der Waals surface area contributed by atoms with E-state index in [1.807, 2.05) is 7.05 Å². The van der Waals surface area contributed by atoms with Gasteiger partial charge in [-0.1, -0.05) is 12.8 Å². The highest BCUT2D eigenvalue weighted by atomic mass is 16.5. The van der Waals surface area contributed by atoms with Gasteiger partial charge < -0.3 is 19.7 Å². The van der Waals surface area contributed by atoms with Gasteiger partial charge in [-0.3, -0.25) is 9.67 Å². The lowest BCUT2D eigenvalue weighted by Gasteiger charge is -2.35. The number of ether oxygens (including phenoxy) is 2. The average molecular weight is 404 g/mol. The maximum Gasteiger partial charge on any atom is 0.193 e. The highest BCUT2D eigenvalue weighted by Crippen LogP contribution is 2.28. The van der Waals surface area contributed by atoms with Crippen LogP contribution in [0.15, 0.2) is 17.3 Å². The lowest BCUT2D eigenvalue weighted by molar-refractivity contribution is -0.0721. The number of nitrogens with zero attached hydrogens (tertiary/aromatic N) is 4. The first-order chi connectivity index (χ1) is 14.3. The number of hydrogen-bond donors (Lipinski definition) is 1. The lowest BCUT2D eigenvalue weighted by atomic mass is 10.1. The van der Waals surface area contributed by atoms with Crippen LogP contribution >= 0.6 is 0 Å². The molecule has 3 aliphatic rings. The normalized spacial score (nSPS) is 24.9. The monoisotopic (exact) mass is 403 g/mol. The molecule has 3 fully saturated rings. The average Bonchev–Trinajstić information content (AvgIpc) is 3.46. The van der Waals surface area contributed by atoms with Crippen molar-refractivity contribution in [2.45, 2.75) is 82.6 Å². The van der Waals surface area contributed by atoms with Crippen LogP contribution < -0.4 is 5.32 Å². The first kappa shape index (κ1) is 20.7. The molecule has 4 rings (SSSR count). The maximum atomic E-state index is 6.14. The Morgan fingerprint density at radius 3 is 2.69 bits per heavy atom. The summed E-state index contributed by atoms with van der Waals surface area (Å²) in [5.74, 6) is 0.967. The Kier molecular flexibility index (Phi) is 7.44. The zero-order chi connectivity index (χ0) is 19.9. The number of aliphatic imine (C=N–C) groups is 1. The second-order valence-electron chi connectivity index (χ2n) is 8.63. The molecule has 162 valence electrons. The van der Waals surface area contributed by atoms with Crippen LogP contribution in [0.1, 0.15) is 69.5 Å². The van der Waals surface area contributed by atoms with Crippen molar-refractivity contribution < 1.29 is 9.47 Å². The summed E-state index contributed by atoms with van der Waals surface area (Å²) in [6.07, 6.45) is 13.7. The molecule has 1 saturated carbocycles. The smallest absolute Gasteiger partial charge is 0.193 e. The van der Waals surface area contributed by atoms with Gasteiger partial charge in [0, 0.05) is 32.9 Å². The van der Waals surface area contributed by atoms with Crippen molar-refractivity contribution in [3.8, 4) is 0 Å². The van der Waals surface area contributed by atoms with Crippen LogP contribution in [0.4, 0.5) is 0 Å². The minimum Gasteiger partial charge on any atom is -0.376 e. The highest BCUT2D eigenvalue weighted by Gasteiger charge is 2.24. The minimum absolute atomic E-state index is 0.306. The standard InChI is InChI=1S/C22H37N5O2/c1-23-22(24-16-18-9-14-27(25-18)19-6-2-3-7-19)26-12-10-20(11-13-26)29-17-21-8-4-5-15-28-21/h9,14,19-21H,2-8,10-13,15-17H2,1H3,(H,23,24). The molecule has 1 aromatic heterocycles. The van der Waals surface area contributed by atoms with Gasteiger partial charge in [-0.25, -0.2) is 0 Å². The molecule has 7 nitrogen and oxygen atoms in total. The van der Waals surface area contributed by atoms with Crippen molar-refractivity contribution in [2.24, 2.45) is 4.99 Å². The summed E-state index contributed by atoms with van der Waals surface area (Å²) in [6.45, 7) is 4.33. The van der Waals surface area contributed by atoms with Crippen LogP contribution in [-0.2, 0) is 16.0 Å². The quantitative estimate of drug-likeness (QED) is 0.584. The summed E-state index contributed by atoms with van der Waals surface area (Å²) in [4.78, 5) is 6.83. The van der Waals surface area contributed by atoms with Crippen LogP contribution in [0.5, 0.6) is 0 Å². The molecule has 0 amide bonds. The van der Waals surface area contributed by atoms with Crippen LogP contribution in [0, 0.1) is 0 Å². The second kappa shape index (κ2) is 10.4. The molecule has 1 unspecified atom stereocenters. The van der Waals surface area contributed by atoms with Gasteiger partial charge in [0.05, 0.1) is 37.1 Å². The third-order valence-electron chi connectivity index (χ3n) is 6.54. The molecule has 1 atom stereocenters. The molecule has 0 aromatic carbocycles. The summed E-state index contributed by atoms with van der Waals surface area (Å²) < 4.78 is 14.1. The number of aromatic nitrogens is 2. The topological polar surface area (TPSA) is 63.9 Å². The van der Waals surface area contributed by atoms with Gasteiger partial charge in [0.2, 0.25) is 0 Å². The Bertz CT molecular complexity index is 641. The largest absolute Gasteiger partial charge is 0.376 e. The van der Waals surface area contributed by atoms with Crippen molar-refractivity contribution in [1.29, 1.82) is 0 Å². The number of rotatable bonds is 6. The Morgan fingerprint density at radius 1 is 1.17 bits per heavy atom. The van der Waals surface area contributed by atoms with Gasteiger partial charge in [-0.05, 0) is 51.0 Å². The Balaban J connectivity index is 1.18. The fourth-order valence-corrected chi connectivity index (χ4v) is 4.76. The number of guanidine groups is 1. The minimum atomic E-state index is 0.306. The fraction of sp³-hybridized carbons (Fsp3) is 0.818. The lowest BCUT2D eigenvalue weighted by Crippen LogP contribution is -2.47. The molecule has 1 aromatic rings. The zero-order valence-corrected chi connectivity index (χ0v) is 17.9. The Morgan fingerprint density at radius 2 is 1.97 bits per heavy atom. The number of hydrogen-bond acceptors (Lipinski definition) is 4. The van der Waals surface area contributed by atoms with Gasteiger partial charge in [-0.2, -0.15) is 5.10 Å². The molecule has 0 radical (unpaired) electrons. The van der Waals surface area contributed by atoms with E-state index in [2.05, 4.69) is 32.2 Å². The molecule has 7 heteroatoms. The molecular formula is C22H37N5O2. The van der Waals surface area contributed by atoms with E-state index in [9.17, 15) is 0 Å². The van der Waals surface area contributed by atoms with E-state index < -0.39 is 0 Å². The summed E-state index contributed by atoms with van der Waals surface area (Å²) in [6, 6.07) is 2.73. The van der Waals surface area contributed by atoms with Gasteiger partial charge in [-0.15, -0.1) is 0 Å². The summed E-state index contributed by atoms with van der Waals surface area (Å²) in [5.41, 5.74) is 1.09. The molecule has 29 heavy (non-hydrogen) atoms.